The zero-order chi connectivity index (χ0) is 11.7. The van der Waals surface area contributed by atoms with Crippen LogP contribution in [0, 0.1) is 0 Å². The Labute approximate surface area is 106 Å². The van der Waals surface area contributed by atoms with Crippen LogP contribution in [-0.4, -0.2) is 19.9 Å². The SMILES string of the molecule is Brc1ccc2ncc(-c3cncnc3)nc2c1. The van der Waals surface area contributed by atoms with Gasteiger partial charge < -0.3 is 0 Å². The van der Waals surface area contributed by atoms with Gasteiger partial charge in [0, 0.05) is 22.4 Å². The number of aromatic nitrogens is 4. The van der Waals surface area contributed by atoms with Crippen molar-refractivity contribution in [1.82, 2.24) is 19.9 Å². The maximum atomic E-state index is 4.53. The number of hydrogen-bond acceptors (Lipinski definition) is 4. The highest BCUT2D eigenvalue weighted by Gasteiger charge is 2.03. The number of fused-ring (bicyclic) bond motifs is 1. The first-order valence-corrected chi connectivity index (χ1v) is 5.80. The van der Waals surface area contributed by atoms with Gasteiger partial charge in [-0.05, 0) is 18.2 Å². The first-order chi connectivity index (χ1) is 8.33. The third kappa shape index (κ3) is 2.01. The van der Waals surface area contributed by atoms with Crippen LogP contribution < -0.4 is 0 Å². The zero-order valence-electron chi connectivity index (χ0n) is 8.71. The summed E-state index contributed by atoms with van der Waals surface area (Å²) in [6.45, 7) is 0. The van der Waals surface area contributed by atoms with Gasteiger partial charge in [-0.2, -0.15) is 0 Å². The van der Waals surface area contributed by atoms with E-state index in [0.717, 1.165) is 26.8 Å². The molecule has 0 unspecified atom stereocenters. The summed E-state index contributed by atoms with van der Waals surface area (Å²) in [7, 11) is 0. The van der Waals surface area contributed by atoms with Crippen LogP contribution in [0.15, 0.2) is 47.6 Å². The summed E-state index contributed by atoms with van der Waals surface area (Å²) in [5.41, 5.74) is 3.35. The third-order valence-electron chi connectivity index (χ3n) is 2.36. The average Bonchev–Trinajstić information content (AvgIpc) is 2.39. The number of rotatable bonds is 1. The summed E-state index contributed by atoms with van der Waals surface area (Å²) in [5.74, 6) is 0. The molecular weight excluding hydrogens is 280 g/mol. The predicted molar refractivity (Wildman–Crippen MR) is 68.3 cm³/mol. The maximum Gasteiger partial charge on any atom is 0.115 e. The highest BCUT2D eigenvalue weighted by molar-refractivity contribution is 9.10. The Morgan fingerprint density at radius 3 is 2.59 bits per heavy atom. The van der Waals surface area contributed by atoms with Gasteiger partial charge in [-0.25, -0.2) is 15.0 Å². The van der Waals surface area contributed by atoms with Crippen molar-refractivity contribution in [3.63, 3.8) is 0 Å². The Hall–Kier alpha value is -1.88. The smallest absolute Gasteiger partial charge is 0.115 e. The van der Waals surface area contributed by atoms with Crippen LogP contribution in [0.2, 0.25) is 0 Å². The van der Waals surface area contributed by atoms with E-state index in [-0.39, 0.29) is 0 Å². The molecular formula is C12H7BrN4. The highest BCUT2D eigenvalue weighted by Crippen LogP contribution is 2.20. The molecule has 1 aromatic carbocycles. The molecule has 0 radical (unpaired) electrons. The van der Waals surface area contributed by atoms with Gasteiger partial charge in [-0.15, -0.1) is 0 Å². The second-order valence-corrected chi connectivity index (χ2v) is 4.43. The molecule has 0 aliphatic rings. The molecule has 4 nitrogen and oxygen atoms in total. The van der Waals surface area contributed by atoms with E-state index >= 15 is 0 Å². The lowest BCUT2D eigenvalue weighted by Crippen LogP contribution is -1.89. The summed E-state index contributed by atoms with van der Waals surface area (Å²) in [5, 5.41) is 0. The van der Waals surface area contributed by atoms with Gasteiger partial charge >= 0.3 is 0 Å². The van der Waals surface area contributed by atoms with Crippen molar-refractivity contribution < 1.29 is 0 Å². The molecule has 0 spiro atoms. The third-order valence-corrected chi connectivity index (χ3v) is 2.85. The number of halogens is 1. The van der Waals surface area contributed by atoms with Gasteiger partial charge in [0.15, 0.2) is 0 Å². The molecule has 0 N–H and O–H groups in total. The molecule has 0 saturated heterocycles. The first kappa shape index (κ1) is 10.3. The highest BCUT2D eigenvalue weighted by atomic mass is 79.9. The van der Waals surface area contributed by atoms with Gasteiger partial charge in [-0.1, -0.05) is 15.9 Å². The van der Waals surface area contributed by atoms with E-state index in [0.29, 0.717) is 0 Å². The Balaban J connectivity index is 2.19. The van der Waals surface area contributed by atoms with E-state index in [1.807, 2.05) is 18.2 Å². The quantitative estimate of drug-likeness (QED) is 0.690. The average molecular weight is 287 g/mol. The molecule has 82 valence electrons. The molecule has 5 heteroatoms. The van der Waals surface area contributed by atoms with Gasteiger partial charge in [-0.3, -0.25) is 4.98 Å². The Kier molecular flexibility index (Phi) is 2.53. The Bertz CT molecular complexity index is 670. The van der Waals surface area contributed by atoms with Crippen LogP contribution in [0.4, 0.5) is 0 Å². The van der Waals surface area contributed by atoms with Crippen LogP contribution in [0.3, 0.4) is 0 Å². The molecule has 0 aliphatic heterocycles. The monoisotopic (exact) mass is 286 g/mol. The fraction of sp³-hybridized carbons (Fsp3) is 0. The van der Waals surface area contributed by atoms with E-state index in [2.05, 4.69) is 35.9 Å². The number of nitrogens with zero attached hydrogens (tertiary/aromatic N) is 4. The minimum atomic E-state index is 0.774. The van der Waals surface area contributed by atoms with Crippen LogP contribution in [-0.2, 0) is 0 Å². The molecule has 2 heterocycles. The number of hydrogen-bond donors (Lipinski definition) is 0. The van der Waals surface area contributed by atoms with Crippen LogP contribution in [0.25, 0.3) is 22.3 Å². The molecule has 0 atom stereocenters. The molecule has 0 bridgehead atoms. The summed E-state index contributed by atoms with van der Waals surface area (Å²) in [4.78, 5) is 16.8. The zero-order valence-corrected chi connectivity index (χ0v) is 10.3. The minimum absolute atomic E-state index is 0.774. The summed E-state index contributed by atoms with van der Waals surface area (Å²) in [6, 6.07) is 5.82. The molecule has 17 heavy (non-hydrogen) atoms. The normalized spacial score (nSPS) is 10.6. The van der Waals surface area contributed by atoms with E-state index in [9.17, 15) is 0 Å². The summed E-state index contributed by atoms with van der Waals surface area (Å²) >= 11 is 3.42. The van der Waals surface area contributed by atoms with E-state index < -0.39 is 0 Å². The molecule has 0 amide bonds. The fourth-order valence-corrected chi connectivity index (χ4v) is 1.90. The van der Waals surface area contributed by atoms with Gasteiger partial charge in [0.25, 0.3) is 0 Å². The van der Waals surface area contributed by atoms with E-state index in [1.54, 1.807) is 18.6 Å². The van der Waals surface area contributed by atoms with Crippen molar-refractivity contribution in [3.8, 4) is 11.3 Å². The number of benzene rings is 1. The maximum absolute atomic E-state index is 4.53. The standard InChI is InChI=1S/C12H7BrN4/c13-9-1-2-10-11(3-9)17-12(6-16-10)8-4-14-7-15-5-8/h1-7H. The van der Waals surface area contributed by atoms with Crippen molar-refractivity contribution in [3.05, 3.63) is 47.6 Å². The summed E-state index contributed by atoms with van der Waals surface area (Å²) < 4.78 is 0.987. The topological polar surface area (TPSA) is 51.6 Å². The molecule has 3 aromatic rings. The lowest BCUT2D eigenvalue weighted by Gasteiger charge is -2.01. The van der Waals surface area contributed by atoms with E-state index in [1.165, 1.54) is 6.33 Å². The largest absolute Gasteiger partial charge is 0.252 e. The lowest BCUT2D eigenvalue weighted by atomic mass is 10.2. The van der Waals surface area contributed by atoms with Gasteiger partial charge in [0.2, 0.25) is 0 Å². The predicted octanol–water partition coefficient (Wildman–Crippen LogP) is 2.85. The van der Waals surface area contributed by atoms with Crippen LogP contribution in [0.1, 0.15) is 0 Å². The van der Waals surface area contributed by atoms with E-state index in [4.69, 9.17) is 0 Å². The van der Waals surface area contributed by atoms with Crippen molar-refractivity contribution in [1.29, 1.82) is 0 Å². The summed E-state index contributed by atoms with van der Waals surface area (Å²) in [6.07, 6.45) is 6.67. The van der Waals surface area contributed by atoms with Gasteiger partial charge in [0.05, 0.1) is 22.9 Å². The minimum Gasteiger partial charge on any atom is -0.252 e. The van der Waals surface area contributed by atoms with Crippen molar-refractivity contribution in [2.75, 3.05) is 0 Å². The fourth-order valence-electron chi connectivity index (χ4n) is 1.56. The first-order valence-electron chi connectivity index (χ1n) is 5.00. The van der Waals surface area contributed by atoms with Crippen molar-refractivity contribution in [2.24, 2.45) is 0 Å². The molecule has 2 aromatic heterocycles. The molecule has 0 aliphatic carbocycles. The van der Waals surface area contributed by atoms with Crippen LogP contribution in [0.5, 0.6) is 0 Å². The van der Waals surface area contributed by atoms with Crippen molar-refractivity contribution >= 4 is 27.0 Å². The van der Waals surface area contributed by atoms with Crippen molar-refractivity contribution in [2.45, 2.75) is 0 Å². The lowest BCUT2D eigenvalue weighted by molar-refractivity contribution is 1.16. The molecule has 0 saturated carbocycles. The van der Waals surface area contributed by atoms with Gasteiger partial charge in [0.1, 0.15) is 6.33 Å². The molecule has 3 rings (SSSR count). The molecule has 0 fully saturated rings. The Morgan fingerprint density at radius 2 is 1.76 bits per heavy atom. The Morgan fingerprint density at radius 1 is 0.941 bits per heavy atom. The second kappa shape index (κ2) is 4.18. The second-order valence-electron chi connectivity index (χ2n) is 3.52. The van der Waals surface area contributed by atoms with Crippen LogP contribution >= 0.6 is 15.9 Å².